The zero-order chi connectivity index (χ0) is 18.1. The van der Waals surface area contributed by atoms with Gasteiger partial charge in [0.25, 0.3) is 5.91 Å². The smallest absolute Gasteiger partial charge is 0.339 e. The maximum Gasteiger partial charge on any atom is 0.339 e. The van der Waals surface area contributed by atoms with E-state index in [1.807, 2.05) is 0 Å². The lowest BCUT2D eigenvalue weighted by Crippen LogP contribution is -2.35. The molecular weight excluding hydrogens is 310 g/mol. The van der Waals surface area contributed by atoms with Gasteiger partial charge in [0.05, 0.1) is 19.3 Å². The largest absolute Gasteiger partial charge is 0.493 e. The van der Waals surface area contributed by atoms with E-state index in [2.05, 4.69) is 19.2 Å². The molecule has 0 fully saturated rings. The van der Waals surface area contributed by atoms with Crippen molar-refractivity contribution < 1.29 is 23.8 Å². The molecule has 0 aliphatic heterocycles. The van der Waals surface area contributed by atoms with Gasteiger partial charge in [0.1, 0.15) is 0 Å². The molecule has 6 nitrogen and oxygen atoms in total. The van der Waals surface area contributed by atoms with Crippen LogP contribution >= 0.6 is 0 Å². The Hall–Kier alpha value is -2.24. The molecule has 1 amide bonds. The average molecular weight is 337 g/mol. The van der Waals surface area contributed by atoms with Crippen LogP contribution in [0.1, 0.15) is 44.5 Å². The molecule has 0 aromatic heterocycles. The first-order valence-corrected chi connectivity index (χ1v) is 8.18. The summed E-state index contributed by atoms with van der Waals surface area (Å²) < 4.78 is 16.1. The molecule has 0 saturated carbocycles. The van der Waals surface area contributed by atoms with Crippen LogP contribution in [0.15, 0.2) is 18.2 Å². The van der Waals surface area contributed by atoms with Gasteiger partial charge in [-0.15, -0.1) is 0 Å². The molecule has 0 heterocycles. The Morgan fingerprint density at radius 1 is 1.17 bits per heavy atom. The number of benzene rings is 1. The third-order valence-electron chi connectivity index (χ3n) is 3.36. The summed E-state index contributed by atoms with van der Waals surface area (Å²) in [7, 11) is 1.51. The Labute approximate surface area is 143 Å². The number of esters is 1. The number of ether oxygens (including phenoxy) is 3. The molecule has 1 N–H and O–H groups in total. The molecule has 0 aliphatic carbocycles. The second kappa shape index (κ2) is 9.80. The Bertz CT molecular complexity index is 556. The Kier molecular flexibility index (Phi) is 8.09. The summed E-state index contributed by atoms with van der Waals surface area (Å²) in [5, 5.41) is 2.61. The van der Waals surface area contributed by atoms with E-state index in [-0.39, 0.29) is 5.91 Å². The minimum absolute atomic E-state index is 0.305. The van der Waals surface area contributed by atoms with E-state index in [1.54, 1.807) is 25.1 Å². The number of rotatable bonds is 9. The first kappa shape index (κ1) is 19.8. The number of carbonyl (C=O) groups is 2. The Morgan fingerprint density at radius 2 is 1.88 bits per heavy atom. The van der Waals surface area contributed by atoms with Gasteiger partial charge in [0.2, 0.25) is 0 Å². The summed E-state index contributed by atoms with van der Waals surface area (Å²) in [6, 6.07) is 4.82. The molecule has 1 aromatic rings. The minimum atomic E-state index is -0.856. The number of hydrogen-bond acceptors (Lipinski definition) is 5. The topological polar surface area (TPSA) is 73.9 Å². The van der Waals surface area contributed by atoms with Crippen LogP contribution in [0, 0.1) is 5.92 Å². The van der Waals surface area contributed by atoms with Gasteiger partial charge in [0, 0.05) is 6.54 Å². The predicted molar refractivity (Wildman–Crippen MR) is 91.5 cm³/mol. The third-order valence-corrected chi connectivity index (χ3v) is 3.36. The number of methoxy groups -OCH3 is 1. The summed E-state index contributed by atoms with van der Waals surface area (Å²) in [6.07, 6.45) is 0.0715. The maximum atomic E-state index is 12.1. The second-order valence-electron chi connectivity index (χ2n) is 5.84. The van der Waals surface area contributed by atoms with Crippen LogP contribution in [0.2, 0.25) is 0 Å². The van der Waals surface area contributed by atoms with Gasteiger partial charge >= 0.3 is 5.97 Å². The van der Waals surface area contributed by atoms with Gasteiger partial charge in [0.15, 0.2) is 17.6 Å². The van der Waals surface area contributed by atoms with Crippen molar-refractivity contribution in [2.45, 2.75) is 40.2 Å². The molecule has 1 aromatic carbocycles. The highest BCUT2D eigenvalue weighted by Gasteiger charge is 2.19. The molecule has 0 unspecified atom stereocenters. The highest BCUT2D eigenvalue weighted by molar-refractivity contribution is 5.92. The van der Waals surface area contributed by atoms with Gasteiger partial charge in [-0.2, -0.15) is 0 Å². The monoisotopic (exact) mass is 337 g/mol. The number of likely N-dealkylation sites (N-methyl/N-ethyl adjacent to an activating group) is 1. The van der Waals surface area contributed by atoms with E-state index in [0.29, 0.717) is 36.1 Å². The quantitative estimate of drug-likeness (QED) is 0.701. The fraction of sp³-hybridized carbons (Fsp3) is 0.556. The molecule has 0 bridgehead atoms. The van der Waals surface area contributed by atoms with Gasteiger partial charge in [-0.25, -0.2) is 4.79 Å². The first-order valence-electron chi connectivity index (χ1n) is 8.18. The molecule has 0 spiro atoms. The lowest BCUT2D eigenvalue weighted by Gasteiger charge is -2.15. The van der Waals surface area contributed by atoms with Crippen LogP contribution in [-0.4, -0.2) is 38.2 Å². The van der Waals surface area contributed by atoms with Crippen molar-refractivity contribution in [3.63, 3.8) is 0 Å². The van der Waals surface area contributed by atoms with Crippen molar-refractivity contribution >= 4 is 11.9 Å². The molecule has 134 valence electrons. The number of hydrogen-bond donors (Lipinski definition) is 1. The van der Waals surface area contributed by atoms with Crippen molar-refractivity contribution in [1.82, 2.24) is 5.32 Å². The van der Waals surface area contributed by atoms with E-state index in [1.165, 1.54) is 14.0 Å². The van der Waals surface area contributed by atoms with Crippen molar-refractivity contribution in [3.8, 4) is 11.5 Å². The molecule has 0 radical (unpaired) electrons. The molecule has 6 heteroatoms. The second-order valence-corrected chi connectivity index (χ2v) is 5.84. The number of nitrogens with one attached hydrogen (secondary N) is 1. The molecule has 0 saturated heterocycles. The molecular formula is C18H27NO5. The van der Waals surface area contributed by atoms with Crippen LogP contribution in [0.25, 0.3) is 0 Å². The van der Waals surface area contributed by atoms with E-state index < -0.39 is 12.1 Å². The van der Waals surface area contributed by atoms with E-state index >= 15 is 0 Å². The maximum absolute atomic E-state index is 12.1. The van der Waals surface area contributed by atoms with Gasteiger partial charge in [-0.1, -0.05) is 13.8 Å². The number of carbonyl (C=O) groups excluding carboxylic acids is 2. The summed E-state index contributed by atoms with van der Waals surface area (Å²) in [6.45, 7) is 8.63. The van der Waals surface area contributed by atoms with E-state index in [9.17, 15) is 9.59 Å². The summed E-state index contributed by atoms with van der Waals surface area (Å²) in [5.41, 5.74) is 0.305. The normalized spacial score (nSPS) is 11.8. The van der Waals surface area contributed by atoms with Gasteiger partial charge in [-0.3, -0.25) is 4.79 Å². The summed E-state index contributed by atoms with van der Waals surface area (Å²) in [5.74, 6) is 0.665. The molecule has 24 heavy (non-hydrogen) atoms. The summed E-state index contributed by atoms with van der Waals surface area (Å²) >= 11 is 0. The SMILES string of the molecule is CCNC(=O)[C@@H](C)OC(=O)c1ccc(OCCC(C)C)c(OC)c1. The lowest BCUT2D eigenvalue weighted by molar-refractivity contribution is -0.128. The zero-order valence-corrected chi connectivity index (χ0v) is 15.0. The minimum Gasteiger partial charge on any atom is -0.493 e. The zero-order valence-electron chi connectivity index (χ0n) is 15.0. The standard InChI is InChI=1S/C18H27NO5/c1-6-19-17(20)13(4)24-18(21)14-7-8-15(16(11-14)22-5)23-10-9-12(2)3/h7-8,11-13H,6,9-10H2,1-5H3,(H,19,20)/t13-/m1/s1. The molecule has 1 rings (SSSR count). The van der Waals surface area contributed by atoms with Crippen molar-refractivity contribution in [2.24, 2.45) is 5.92 Å². The highest BCUT2D eigenvalue weighted by atomic mass is 16.5. The predicted octanol–water partition coefficient (Wildman–Crippen LogP) is 2.80. The number of amides is 1. The fourth-order valence-corrected chi connectivity index (χ4v) is 1.92. The molecule has 0 aliphatic rings. The molecule has 1 atom stereocenters. The van der Waals surface area contributed by atoms with Crippen LogP contribution < -0.4 is 14.8 Å². The first-order chi connectivity index (χ1) is 11.4. The lowest BCUT2D eigenvalue weighted by atomic mass is 10.1. The summed E-state index contributed by atoms with van der Waals surface area (Å²) in [4.78, 5) is 23.8. The Balaban J connectivity index is 2.75. The van der Waals surface area contributed by atoms with Crippen LogP contribution in [0.4, 0.5) is 0 Å². The van der Waals surface area contributed by atoms with Gasteiger partial charge in [-0.05, 0) is 44.4 Å². The third kappa shape index (κ3) is 6.10. The van der Waals surface area contributed by atoms with Crippen molar-refractivity contribution in [1.29, 1.82) is 0 Å². The fourth-order valence-electron chi connectivity index (χ4n) is 1.92. The van der Waals surface area contributed by atoms with Crippen molar-refractivity contribution in [2.75, 3.05) is 20.3 Å². The average Bonchev–Trinajstić information content (AvgIpc) is 2.54. The van der Waals surface area contributed by atoms with Crippen LogP contribution in [0.3, 0.4) is 0 Å². The van der Waals surface area contributed by atoms with E-state index in [0.717, 1.165) is 6.42 Å². The Morgan fingerprint density at radius 3 is 2.46 bits per heavy atom. The van der Waals surface area contributed by atoms with Crippen LogP contribution in [-0.2, 0) is 9.53 Å². The highest BCUT2D eigenvalue weighted by Crippen LogP contribution is 2.28. The van der Waals surface area contributed by atoms with Gasteiger partial charge < -0.3 is 19.5 Å². The van der Waals surface area contributed by atoms with Crippen molar-refractivity contribution in [3.05, 3.63) is 23.8 Å². The van der Waals surface area contributed by atoms with Crippen LogP contribution in [0.5, 0.6) is 11.5 Å². The van der Waals surface area contributed by atoms with E-state index in [4.69, 9.17) is 14.2 Å².